The van der Waals surface area contributed by atoms with Crippen molar-refractivity contribution in [2.24, 2.45) is 0 Å². The Kier molecular flexibility index (Phi) is 8.42. The molecule has 2 heterocycles. The van der Waals surface area contributed by atoms with Gasteiger partial charge in [0.2, 0.25) is 0 Å². The zero-order chi connectivity index (χ0) is 28.5. The molecular weight excluding hydrogens is 518 g/mol. The number of anilines is 1. The maximum absolute atomic E-state index is 14.1. The van der Waals surface area contributed by atoms with Crippen molar-refractivity contribution in [2.45, 2.75) is 77.5 Å². The number of halogens is 1. The van der Waals surface area contributed by atoms with E-state index < -0.39 is 23.2 Å². The highest BCUT2D eigenvalue weighted by molar-refractivity contribution is 6.30. The van der Waals surface area contributed by atoms with Crippen molar-refractivity contribution in [2.75, 3.05) is 37.6 Å². The lowest BCUT2D eigenvalue weighted by atomic mass is 9.90. The van der Waals surface area contributed by atoms with Gasteiger partial charge in [0.25, 0.3) is 5.91 Å². The fourth-order valence-corrected chi connectivity index (χ4v) is 5.42. The van der Waals surface area contributed by atoms with Crippen molar-refractivity contribution >= 4 is 29.4 Å². The van der Waals surface area contributed by atoms with Gasteiger partial charge < -0.3 is 24.5 Å². The molecule has 2 aromatic rings. The Hall–Kier alpha value is -2.91. The highest BCUT2D eigenvalue weighted by Gasteiger charge is 2.45. The van der Waals surface area contributed by atoms with Crippen LogP contribution in [0.3, 0.4) is 0 Å². The number of carbonyl (C=O) groups excluding carboxylic acids is 2. The van der Waals surface area contributed by atoms with E-state index in [4.69, 9.17) is 16.3 Å². The molecule has 1 aliphatic carbocycles. The Morgan fingerprint density at radius 3 is 2.36 bits per heavy atom. The molecule has 0 saturated carbocycles. The quantitative estimate of drug-likeness (QED) is 0.563. The Balaban J connectivity index is 1.58. The van der Waals surface area contributed by atoms with Crippen molar-refractivity contribution in [3.63, 3.8) is 0 Å². The molecule has 0 radical (unpaired) electrons. The van der Waals surface area contributed by atoms with Crippen LogP contribution in [0.15, 0.2) is 30.6 Å². The van der Waals surface area contributed by atoms with Gasteiger partial charge in [-0.1, -0.05) is 30.7 Å². The van der Waals surface area contributed by atoms with E-state index in [1.165, 1.54) is 10.5 Å². The van der Waals surface area contributed by atoms with Gasteiger partial charge in [0.05, 0.1) is 6.54 Å². The maximum Gasteiger partial charge on any atom is 0.410 e. The number of aromatic nitrogens is 2. The first-order valence-corrected chi connectivity index (χ1v) is 14.0. The van der Waals surface area contributed by atoms with E-state index in [-0.39, 0.29) is 12.6 Å². The zero-order valence-corrected chi connectivity index (χ0v) is 24.5. The van der Waals surface area contributed by atoms with Crippen molar-refractivity contribution in [1.82, 2.24) is 19.8 Å². The number of ether oxygens (including phenoxy) is 1. The summed E-state index contributed by atoms with van der Waals surface area (Å²) in [6.07, 6.45) is 3.06. The number of nitrogens with zero attached hydrogens (tertiary/aromatic N) is 5. The second kappa shape index (κ2) is 11.3. The van der Waals surface area contributed by atoms with E-state index in [0.29, 0.717) is 42.7 Å². The predicted molar refractivity (Wildman–Crippen MR) is 151 cm³/mol. The lowest BCUT2D eigenvalue weighted by Gasteiger charge is -2.42. The lowest BCUT2D eigenvalue weighted by Crippen LogP contribution is -2.59. The smallest absolute Gasteiger partial charge is 0.410 e. The van der Waals surface area contributed by atoms with Crippen LogP contribution in [-0.2, 0) is 21.6 Å². The summed E-state index contributed by atoms with van der Waals surface area (Å²) in [5.41, 5.74) is -0.0184. The van der Waals surface area contributed by atoms with Gasteiger partial charge in [0.1, 0.15) is 17.7 Å². The van der Waals surface area contributed by atoms with Crippen LogP contribution in [0.4, 0.5) is 10.6 Å². The number of piperazine rings is 1. The van der Waals surface area contributed by atoms with E-state index in [1.807, 2.05) is 13.8 Å². The zero-order valence-electron chi connectivity index (χ0n) is 23.8. The van der Waals surface area contributed by atoms with E-state index in [1.54, 1.807) is 56.3 Å². The fraction of sp³-hybridized carbons (Fsp3) is 0.586. The summed E-state index contributed by atoms with van der Waals surface area (Å²) in [6, 6.07) is 6.23. The molecule has 1 unspecified atom stereocenters. The van der Waals surface area contributed by atoms with Gasteiger partial charge in [-0.3, -0.25) is 4.79 Å². The summed E-state index contributed by atoms with van der Waals surface area (Å²) in [7, 11) is 0. The summed E-state index contributed by atoms with van der Waals surface area (Å²) in [5, 5.41) is 12.6. The molecule has 212 valence electrons. The Labute approximate surface area is 236 Å². The SMILES string of the molecule is CC(C)N(CC(O)(C(=O)N1CCN(c2ncnc3c2[C@H](C)CC3)CC1)c1ccc(Cl)cc1)C(=O)OC(C)(C)C. The molecule has 1 fully saturated rings. The number of carbonyl (C=O) groups is 2. The molecular formula is C29H40ClN5O4. The van der Waals surface area contributed by atoms with Gasteiger partial charge in [-0.2, -0.15) is 0 Å². The van der Waals surface area contributed by atoms with Gasteiger partial charge in [-0.15, -0.1) is 0 Å². The molecule has 1 saturated heterocycles. The van der Waals surface area contributed by atoms with Crippen LogP contribution in [-0.4, -0.2) is 81.2 Å². The summed E-state index contributed by atoms with van der Waals surface area (Å²) in [5.74, 6) is 0.890. The molecule has 9 nitrogen and oxygen atoms in total. The number of rotatable bonds is 6. The molecule has 4 rings (SSSR count). The lowest BCUT2D eigenvalue weighted by molar-refractivity contribution is -0.155. The number of aryl methyl sites for hydroxylation is 1. The first-order valence-electron chi connectivity index (χ1n) is 13.7. The molecule has 1 aliphatic heterocycles. The van der Waals surface area contributed by atoms with Crippen molar-refractivity contribution in [3.8, 4) is 0 Å². The third-order valence-electron chi connectivity index (χ3n) is 7.44. The summed E-state index contributed by atoms with van der Waals surface area (Å²) < 4.78 is 5.61. The van der Waals surface area contributed by atoms with Crippen LogP contribution < -0.4 is 4.90 Å². The Morgan fingerprint density at radius 2 is 1.77 bits per heavy atom. The minimum atomic E-state index is -1.99. The molecule has 1 aromatic carbocycles. The van der Waals surface area contributed by atoms with Crippen LogP contribution in [0, 0.1) is 0 Å². The van der Waals surface area contributed by atoms with E-state index in [9.17, 15) is 14.7 Å². The number of hydrogen-bond donors (Lipinski definition) is 1. The van der Waals surface area contributed by atoms with Crippen molar-refractivity contribution < 1.29 is 19.4 Å². The minimum absolute atomic E-state index is 0.253. The average molecular weight is 558 g/mol. The molecule has 2 aliphatic rings. The fourth-order valence-electron chi connectivity index (χ4n) is 5.29. The van der Waals surface area contributed by atoms with Crippen LogP contribution >= 0.6 is 11.6 Å². The topological polar surface area (TPSA) is 99.1 Å². The second-order valence-corrected chi connectivity index (χ2v) is 12.3. The summed E-state index contributed by atoms with van der Waals surface area (Å²) in [6.45, 7) is 13.0. The summed E-state index contributed by atoms with van der Waals surface area (Å²) >= 11 is 6.12. The highest BCUT2D eigenvalue weighted by Crippen LogP contribution is 2.37. The molecule has 2 amide bonds. The third kappa shape index (κ3) is 6.30. The van der Waals surface area contributed by atoms with E-state index in [0.717, 1.165) is 24.4 Å². The Morgan fingerprint density at radius 1 is 1.13 bits per heavy atom. The standard InChI is InChI=1S/C29H40ClN5O4/c1-19(2)35(27(37)39-28(4,5)6)17-29(38,21-8-10-22(30)11-9-21)26(36)34-15-13-33(14-16-34)25-24-20(3)7-12-23(24)31-18-32-25/h8-11,18-20,38H,7,12-17H2,1-6H3/t20-,29?/m1/s1. The van der Waals surface area contributed by atoms with Gasteiger partial charge in [0.15, 0.2) is 5.60 Å². The van der Waals surface area contributed by atoms with Crippen LogP contribution in [0.25, 0.3) is 0 Å². The predicted octanol–water partition coefficient (Wildman–Crippen LogP) is 4.36. The van der Waals surface area contributed by atoms with Crippen molar-refractivity contribution in [1.29, 1.82) is 0 Å². The monoisotopic (exact) mass is 557 g/mol. The normalized spacial score (nSPS) is 19.1. The highest BCUT2D eigenvalue weighted by atomic mass is 35.5. The average Bonchev–Trinajstić information content (AvgIpc) is 3.27. The first-order chi connectivity index (χ1) is 18.3. The van der Waals surface area contributed by atoms with Crippen LogP contribution in [0.1, 0.15) is 70.7 Å². The van der Waals surface area contributed by atoms with E-state index in [2.05, 4.69) is 21.8 Å². The molecule has 1 N–H and O–H groups in total. The molecule has 0 bridgehead atoms. The van der Waals surface area contributed by atoms with Crippen molar-refractivity contribution in [3.05, 3.63) is 52.4 Å². The Bertz CT molecular complexity index is 1190. The summed E-state index contributed by atoms with van der Waals surface area (Å²) in [4.78, 5) is 41.5. The first kappa shape index (κ1) is 29.1. The number of aliphatic hydroxyl groups is 1. The molecule has 39 heavy (non-hydrogen) atoms. The third-order valence-corrected chi connectivity index (χ3v) is 7.70. The van der Waals surface area contributed by atoms with Crippen LogP contribution in [0.2, 0.25) is 5.02 Å². The van der Waals surface area contributed by atoms with Crippen LogP contribution in [0.5, 0.6) is 0 Å². The molecule has 0 spiro atoms. The molecule has 10 heteroatoms. The number of hydrogen-bond acceptors (Lipinski definition) is 7. The molecule has 2 atom stereocenters. The molecule has 1 aromatic heterocycles. The number of amides is 2. The number of fused-ring (bicyclic) bond motifs is 1. The number of benzene rings is 1. The van der Waals surface area contributed by atoms with Gasteiger partial charge >= 0.3 is 6.09 Å². The van der Waals surface area contributed by atoms with Gasteiger partial charge in [-0.25, -0.2) is 14.8 Å². The van der Waals surface area contributed by atoms with Gasteiger partial charge in [0, 0.05) is 48.5 Å². The maximum atomic E-state index is 14.1. The van der Waals surface area contributed by atoms with E-state index >= 15 is 0 Å². The minimum Gasteiger partial charge on any atom is -0.444 e. The largest absolute Gasteiger partial charge is 0.444 e. The van der Waals surface area contributed by atoms with Gasteiger partial charge in [-0.05, 0) is 71.1 Å². The second-order valence-electron chi connectivity index (χ2n) is 11.8.